The van der Waals surface area contributed by atoms with Crippen LogP contribution in [0.3, 0.4) is 0 Å². The molecule has 0 atom stereocenters. The lowest BCUT2D eigenvalue weighted by Gasteiger charge is -2.19. The maximum Gasteiger partial charge on any atom is 0.407 e. The zero-order valence-corrected chi connectivity index (χ0v) is 18.8. The maximum absolute atomic E-state index is 11.5. The second-order valence-corrected chi connectivity index (χ2v) is 8.69. The molecule has 0 aromatic rings. The van der Waals surface area contributed by atoms with E-state index in [1.165, 1.54) is 0 Å². The maximum atomic E-state index is 11.5. The number of rotatable bonds is 11. The van der Waals surface area contributed by atoms with Gasteiger partial charge in [0.2, 0.25) is 0 Å². The first-order chi connectivity index (χ1) is 13.4. The third kappa shape index (κ3) is 20.4. The monoisotopic (exact) mass is 417 g/mol. The van der Waals surface area contributed by atoms with E-state index >= 15 is 0 Å². The first kappa shape index (κ1) is 26.8. The van der Waals surface area contributed by atoms with Gasteiger partial charge in [0.05, 0.1) is 6.61 Å². The molecule has 170 valence electrons. The average molecular weight is 418 g/mol. The highest BCUT2D eigenvalue weighted by Crippen LogP contribution is 2.07. The number of carbonyl (C=O) groups is 3. The molecule has 0 aromatic carbocycles. The summed E-state index contributed by atoms with van der Waals surface area (Å²) in [5.41, 5.74) is -1.02. The average Bonchev–Trinajstić information content (AvgIpc) is 2.53. The second kappa shape index (κ2) is 13.9. The van der Waals surface area contributed by atoms with Gasteiger partial charge in [0.1, 0.15) is 11.2 Å². The Balaban J connectivity index is 3.46. The molecule has 0 bridgehead atoms. The number of hydrogen-bond donors (Lipinski definition) is 3. The summed E-state index contributed by atoms with van der Waals surface area (Å²) in [5.74, 6) is 0. The molecule has 0 radical (unpaired) electrons. The Morgan fingerprint density at radius 1 is 0.586 bits per heavy atom. The Labute approximate surface area is 174 Å². The van der Waals surface area contributed by atoms with Gasteiger partial charge in [-0.2, -0.15) is 0 Å². The quantitative estimate of drug-likeness (QED) is 0.349. The summed E-state index contributed by atoms with van der Waals surface area (Å²) in [5, 5.41) is 7.96. The van der Waals surface area contributed by atoms with Crippen molar-refractivity contribution in [3.8, 4) is 0 Å². The summed E-state index contributed by atoms with van der Waals surface area (Å²) in [6.07, 6.45) is 2.68. The number of amides is 3. The third-order valence-corrected chi connectivity index (χ3v) is 3.26. The minimum atomic E-state index is -0.527. The molecule has 9 heteroatoms. The molecule has 0 spiro atoms. The largest absolute Gasteiger partial charge is 0.450 e. The van der Waals surface area contributed by atoms with Crippen molar-refractivity contribution < 1.29 is 28.6 Å². The lowest BCUT2D eigenvalue weighted by atomic mass is 10.2. The van der Waals surface area contributed by atoms with Crippen LogP contribution < -0.4 is 16.0 Å². The van der Waals surface area contributed by atoms with Gasteiger partial charge >= 0.3 is 18.3 Å². The van der Waals surface area contributed by atoms with E-state index in [2.05, 4.69) is 16.0 Å². The molecule has 0 aliphatic heterocycles. The van der Waals surface area contributed by atoms with E-state index in [4.69, 9.17) is 14.2 Å². The first-order valence-corrected chi connectivity index (χ1v) is 10.2. The zero-order chi connectivity index (χ0) is 22.3. The number of ether oxygens (including phenoxy) is 3. The van der Waals surface area contributed by atoms with Crippen molar-refractivity contribution in [1.82, 2.24) is 16.0 Å². The first-order valence-electron chi connectivity index (χ1n) is 10.2. The normalized spacial score (nSPS) is 11.4. The van der Waals surface area contributed by atoms with E-state index in [0.717, 1.165) is 25.7 Å². The summed E-state index contributed by atoms with van der Waals surface area (Å²) in [6, 6.07) is 0. The molecule has 0 rings (SSSR count). The van der Waals surface area contributed by atoms with E-state index in [0.29, 0.717) is 32.7 Å². The molecule has 3 amide bonds. The fourth-order valence-electron chi connectivity index (χ4n) is 2.08. The molecule has 0 aliphatic carbocycles. The smallest absolute Gasteiger partial charge is 0.407 e. The fourth-order valence-corrected chi connectivity index (χ4v) is 2.08. The molecular formula is C20H39N3O6. The minimum Gasteiger partial charge on any atom is -0.450 e. The molecule has 0 saturated heterocycles. The van der Waals surface area contributed by atoms with Crippen molar-refractivity contribution in [3.05, 3.63) is 0 Å². The summed E-state index contributed by atoms with van der Waals surface area (Å²) < 4.78 is 15.3. The molecule has 0 unspecified atom stereocenters. The highest BCUT2D eigenvalue weighted by atomic mass is 16.6. The number of unbranched alkanes of at least 4 members (excludes halogenated alkanes) is 3. The van der Waals surface area contributed by atoms with Gasteiger partial charge in [-0.05, 0) is 67.2 Å². The molecule has 29 heavy (non-hydrogen) atoms. The number of hydrogen-bond acceptors (Lipinski definition) is 6. The van der Waals surface area contributed by atoms with Crippen molar-refractivity contribution in [1.29, 1.82) is 0 Å². The van der Waals surface area contributed by atoms with Gasteiger partial charge in [-0.25, -0.2) is 14.4 Å². The highest BCUT2D eigenvalue weighted by molar-refractivity contribution is 5.68. The van der Waals surface area contributed by atoms with Crippen LogP contribution in [0.25, 0.3) is 0 Å². The van der Waals surface area contributed by atoms with Crippen molar-refractivity contribution >= 4 is 18.3 Å². The highest BCUT2D eigenvalue weighted by Gasteiger charge is 2.16. The molecule has 0 aliphatic rings. The van der Waals surface area contributed by atoms with Crippen molar-refractivity contribution in [2.24, 2.45) is 0 Å². The van der Waals surface area contributed by atoms with E-state index in [1.807, 2.05) is 20.8 Å². The van der Waals surface area contributed by atoms with Crippen LogP contribution in [0, 0.1) is 0 Å². The molecule has 0 heterocycles. The van der Waals surface area contributed by atoms with Gasteiger partial charge < -0.3 is 30.2 Å². The third-order valence-electron chi connectivity index (χ3n) is 3.26. The Hall–Kier alpha value is -2.19. The Morgan fingerprint density at radius 3 is 1.48 bits per heavy atom. The van der Waals surface area contributed by atoms with Gasteiger partial charge in [-0.15, -0.1) is 0 Å². The lowest BCUT2D eigenvalue weighted by Crippen LogP contribution is -2.34. The van der Waals surface area contributed by atoms with Gasteiger partial charge in [-0.1, -0.05) is 6.42 Å². The Morgan fingerprint density at radius 2 is 1.00 bits per heavy atom. The van der Waals surface area contributed by atoms with E-state index < -0.39 is 29.5 Å². The summed E-state index contributed by atoms with van der Waals surface area (Å²) in [7, 11) is 0. The number of carbonyl (C=O) groups excluding carboxylic acids is 3. The second-order valence-electron chi connectivity index (χ2n) is 8.69. The molecule has 9 nitrogen and oxygen atoms in total. The standard InChI is InChI=1S/C20H39N3O6/c1-19(2,3)28-17(25)22-12-9-7-8-10-15-27-16(24)21-13-11-14-23-18(26)29-20(4,5)6/h7-15H2,1-6H3,(H,21,24)(H,22,25)(H,23,26). The number of alkyl carbamates (subject to hydrolysis) is 3. The minimum absolute atomic E-state index is 0.349. The number of nitrogens with one attached hydrogen (secondary N) is 3. The Kier molecular flexibility index (Phi) is 12.8. The van der Waals surface area contributed by atoms with Crippen LogP contribution >= 0.6 is 0 Å². The van der Waals surface area contributed by atoms with Crippen LogP contribution in [0.5, 0.6) is 0 Å². The fraction of sp³-hybridized carbons (Fsp3) is 0.850. The lowest BCUT2D eigenvalue weighted by molar-refractivity contribution is 0.0515. The SMILES string of the molecule is CC(C)(C)OC(=O)NCCCCCCOC(=O)NCCCNC(=O)OC(C)(C)C. The Bertz CT molecular complexity index is 497. The van der Waals surface area contributed by atoms with Gasteiger partial charge in [-0.3, -0.25) is 0 Å². The van der Waals surface area contributed by atoms with Crippen LogP contribution in [-0.2, 0) is 14.2 Å². The van der Waals surface area contributed by atoms with Crippen LogP contribution in [0.4, 0.5) is 14.4 Å². The zero-order valence-electron chi connectivity index (χ0n) is 18.8. The molecule has 3 N–H and O–H groups in total. The molecule has 0 aromatic heterocycles. The van der Waals surface area contributed by atoms with Crippen molar-refractivity contribution in [2.75, 3.05) is 26.2 Å². The van der Waals surface area contributed by atoms with E-state index in [1.54, 1.807) is 20.8 Å². The summed E-state index contributed by atoms with van der Waals surface area (Å²) in [4.78, 5) is 34.4. The van der Waals surface area contributed by atoms with E-state index in [-0.39, 0.29) is 0 Å². The molecule has 0 fully saturated rings. The van der Waals surface area contributed by atoms with Crippen LogP contribution in [0.2, 0.25) is 0 Å². The van der Waals surface area contributed by atoms with Crippen molar-refractivity contribution in [2.45, 2.75) is 84.8 Å². The molecular weight excluding hydrogens is 378 g/mol. The predicted octanol–water partition coefficient (Wildman–Crippen LogP) is 3.71. The summed E-state index contributed by atoms with van der Waals surface area (Å²) in [6.45, 7) is 12.6. The predicted molar refractivity (Wildman–Crippen MR) is 111 cm³/mol. The molecule has 0 saturated carbocycles. The van der Waals surface area contributed by atoms with Gasteiger partial charge in [0, 0.05) is 19.6 Å². The van der Waals surface area contributed by atoms with Crippen LogP contribution in [0.15, 0.2) is 0 Å². The van der Waals surface area contributed by atoms with Crippen LogP contribution in [-0.4, -0.2) is 55.7 Å². The summed E-state index contributed by atoms with van der Waals surface area (Å²) >= 11 is 0. The van der Waals surface area contributed by atoms with E-state index in [9.17, 15) is 14.4 Å². The van der Waals surface area contributed by atoms with Crippen LogP contribution in [0.1, 0.15) is 73.6 Å². The van der Waals surface area contributed by atoms with Crippen molar-refractivity contribution in [3.63, 3.8) is 0 Å². The topological polar surface area (TPSA) is 115 Å². The van der Waals surface area contributed by atoms with Gasteiger partial charge in [0.25, 0.3) is 0 Å². The van der Waals surface area contributed by atoms with Gasteiger partial charge in [0.15, 0.2) is 0 Å².